The van der Waals surface area contributed by atoms with Crippen LogP contribution in [0.3, 0.4) is 0 Å². The van der Waals surface area contributed by atoms with Crippen LogP contribution in [0.1, 0.15) is 18.5 Å². The number of pyridine rings is 1. The Hall–Kier alpha value is -1.47. The number of nitrogens with one attached hydrogen (secondary N) is 1. The molecule has 5 nitrogen and oxygen atoms in total. The van der Waals surface area contributed by atoms with Crippen molar-refractivity contribution < 1.29 is 18.3 Å². The highest BCUT2D eigenvalue weighted by Crippen LogP contribution is 2.27. The number of ether oxygens (including phenoxy) is 1. The van der Waals surface area contributed by atoms with E-state index >= 15 is 0 Å². The molecule has 1 aliphatic rings. The van der Waals surface area contributed by atoms with E-state index in [2.05, 4.69) is 10.3 Å². The lowest BCUT2D eigenvalue weighted by atomic mass is 10.1. The van der Waals surface area contributed by atoms with Crippen LogP contribution < -0.4 is 5.32 Å². The summed E-state index contributed by atoms with van der Waals surface area (Å²) in [5, 5.41) is 2.71. The summed E-state index contributed by atoms with van der Waals surface area (Å²) < 4.78 is 31.6. The number of urea groups is 1. The highest BCUT2D eigenvalue weighted by Gasteiger charge is 2.46. The van der Waals surface area contributed by atoms with Crippen LogP contribution in [-0.2, 0) is 4.74 Å². The Labute approximate surface area is 126 Å². The molecule has 1 saturated heterocycles. The zero-order chi connectivity index (χ0) is 15.6. The summed E-state index contributed by atoms with van der Waals surface area (Å²) in [5.41, 5.74) is 0.693. The lowest BCUT2D eigenvalue weighted by Gasteiger charge is -2.28. The van der Waals surface area contributed by atoms with Gasteiger partial charge >= 0.3 is 6.03 Å². The molecule has 0 saturated carbocycles. The van der Waals surface area contributed by atoms with E-state index in [9.17, 15) is 13.6 Å². The van der Waals surface area contributed by atoms with Gasteiger partial charge in [0.15, 0.2) is 0 Å². The first-order valence-electron chi connectivity index (χ1n) is 6.41. The fourth-order valence-electron chi connectivity index (χ4n) is 2.04. The highest BCUT2D eigenvalue weighted by molar-refractivity contribution is 6.31. The fourth-order valence-corrected chi connectivity index (χ4v) is 2.32. The predicted molar refractivity (Wildman–Crippen MR) is 73.5 cm³/mol. The van der Waals surface area contributed by atoms with E-state index in [1.165, 1.54) is 18.1 Å². The summed E-state index contributed by atoms with van der Waals surface area (Å²) in [7, 11) is 1.52. The van der Waals surface area contributed by atoms with E-state index in [-0.39, 0.29) is 12.6 Å². The topological polar surface area (TPSA) is 54.5 Å². The highest BCUT2D eigenvalue weighted by atomic mass is 35.5. The zero-order valence-electron chi connectivity index (χ0n) is 11.6. The zero-order valence-corrected chi connectivity index (χ0v) is 12.4. The maximum atomic E-state index is 13.4. The third kappa shape index (κ3) is 3.41. The van der Waals surface area contributed by atoms with Crippen molar-refractivity contribution in [3.8, 4) is 0 Å². The molecule has 2 rings (SSSR count). The van der Waals surface area contributed by atoms with Crippen molar-refractivity contribution >= 4 is 17.6 Å². The van der Waals surface area contributed by atoms with Crippen molar-refractivity contribution in [2.24, 2.45) is 0 Å². The number of halogens is 3. The van der Waals surface area contributed by atoms with Gasteiger partial charge in [-0.25, -0.2) is 13.6 Å². The predicted octanol–water partition coefficient (Wildman–Crippen LogP) is 2.47. The normalized spacial score (nSPS) is 21.9. The van der Waals surface area contributed by atoms with E-state index in [0.29, 0.717) is 10.6 Å². The number of carbonyl (C=O) groups is 1. The standard InChI is InChI=1S/C13H16ClF2N3O2/c1-8(9-3-4-17-5-10(9)14)19(2)12(20)18-11-6-21-7-13(11,15)16/h3-5,8,11H,6-7H2,1-2H3,(H,18,20)/t8-,11+/m1/s1. The SMILES string of the molecule is C[C@H](c1ccncc1Cl)N(C)C(=O)N[C@H]1COCC1(F)F. The fraction of sp³-hybridized carbons (Fsp3) is 0.538. The van der Waals surface area contributed by atoms with Gasteiger partial charge in [-0.05, 0) is 18.6 Å². The molecule has 0 bridgehead atoms. The van der Waals surface area contributed by atoms with E-state index in [4.69, 9.17) is 16.3 Å². The van der Waals surface area contributed by atoms with Crippen molar-refractivity contribution in [1.29, 1.82) is 0 Å². The average Bonchev–Trinajstić information content (AvgIpc) is 2.77. The molecule has 2 atom stereocenters. The average molecular weight is 320 g/mol. The van der Waals surface area contributed by atoms with Crippen LogP contribution in [0.15, 0.2) is 18.5 Å². The van der Waals surface area contributed by atoms with Crippen molar-refractivity contribution in [3.05, 3.63) is 29.0 Å². The molecule has 116 valence electrons. The number of nitrogens with zero attached hydrogens (tertiary/aromatic N) is 2. The summed E-state index contributed by atoms with van der Waals surface area (Å²) in [6.45, 7) is 0.883. The first kappa shape index (κ1) is 15.9. The quantitative estimate of drug-likeness (QED) is 0.931. The molecule has 1 aromatic heterocycles. The van der Waals surface area contributed by atoms with Gasteiger partial charge in [-0.15, -0.1) is 0 Å². The summed E-state index contributed by atoms with van der Waals surface area (Å²) in [6.07, 6.45) is 3.03. The number of aromatic nitrogens is 1. The summed E-state index contributed by atoms with van der Waals surface area (Å²) in [5.74, 6) is -3.05. The first-order valence-corrected chi connectivity index (χ1v) is 6.79. The maximum absolute atomic E-state index is 13.4. The number of amides is 2. The largest absolute Gasteiger partial charge is 0.373 e. The maximum Gasteiger partial charge on any atom is 0.318 e. The Bertz CT molecular complexity index is 530. The number of rotatable bonds is 3. The van der Waals surface area contributed by atoms with E-state index < -0.39 is 24.6 Å². The van der Waals surface area contributed by atoms with Gasteiger partial charge in [0, 0.05) is 19.4 Å². The van der Waals surface area contributed by atoms with Crippen molar-refractivity contribution in [3.63, 3.8) is 0 Å². The van der Waals surface area contributed by atoms with E-state index in [1.807, 2.05) is 0 Å². The van der Waals surface area contributed by atoms with Crippen LogP contribution in [0.5, 0.6) is 0 Å². The minimum absolute atomic E-state index is 0.197. The van der Waals surface area contributed by atoms with Crippen LogP contribution in [0.25, 0.3) is 0 Å². The van der Waals surface area contributed by atoms with Crippen molar-refractivity contribution in [1.82, 2.24) is 15.2 Å². The van der Waals surface area contributed by atoms with Gasteiger partial charge in [0.05, 0.1) is 17.7 Å². The molecule has 0 aliphatic carbocycles. The number of hydrogen-bond acceptors (Lipinski definition) is 3. The second kappa shape index (κ2) is 6.11. The van der Waals surface area contributed by atoms with Gasteiger partial charge in [0.25, 0.3) is 5.92 Å². The monoisotopic (exact) mass is 319 g/mol. The molecular formula is C13H16ClF2N3O2. The van der Waals surface area contributed by atoms with Crippen molar-refractivity contribution in [2.45, 2.75) is 24.9 Å². The van der Waals surface area contributed by atoms with Gasteiger partial charge in [-0.3, -0.25) is 4.98 Å². The third-order valence-corrected chi connectivity index (χ3v) is 3.86. The Morgan fingerprint density at radius 1 is 1.67 bits per heavy atom. The molecule has 1 aromatic rings. The van der Waals surface area contributed by atoms with Gasteiger partial charge in [0.1, 0.15) is 12.6 Å². The second-order valence-electron chi connectivity index (χ2n) is 4.96. The smallest absolute Gasteiger partial charge is 0.318 e. The number of carbonyl (C=O) groups excluding carboxylic acids is 1. The van der Waals surface area contributed by atoms with E-state index in [1.54, 1.807) is 19.2 Å². The minimum Gasteiger partial charge on any atom is -0.373 e. The minimum atomic E-state index is -3.05. The molecule has 21 heavy (non-hydrogen) atoms. The second-order valence-corrected chi connectivity index (χ2v) is 5.37. The van der Waals surface area contributed by atoms with Gasteiger partial charge in [-0.1, -0.05) is 11.6 Å². The Morgan fingerprint density at radius 2 is 2.38 bits per heavy atom. The molecule has 2 amide bonds. The van der Waals surface area contributed by atoms with Crippen LogP contribution in [0.2, 0.25) is 5.02 Å². The summed E-state index contributed by atoms with van der Waals surface area (Å²) >= 11 is 6.02. The summed E-state index contributed by atoms with van der Waals surface area (Å²) in [4.78, 5) is 17.3. The molecule has 1 N–H and O–H groups in total. The lowest BCUT2D eigenvalue weighted by Crippen LogP contribution is -2.51. The Balaban J connectivity index is 2.04. The number of alkyl halides is 2. The third-order valence-electron chi connectivity index (χ3n) is 3.54. The molecule has 1 aliphatic heterocycles. The van der Waals surface area contributed by atoms with Crippen LogP contribution in [0, 0.1) is 0 Å². The lowest BCUT2D eigenvalue weighted by molar-refractivity contribution is -0.0223. The molecule has 0 aromatic carbocycles. The van der Waals surface area contributed by atoms with Gasteiger partial charge < -0.3 is 15.0 Å². The molecule has 0 unspecified atom stereocenters. The Morgan fingerprint density at radius 3 is 2.95 bits per heavy atom. The molecular weight excluding hydrogens is 304 g/mol. The van der Waals surface area contributed by atoms with Crippen LogP contribution in [0.4, 0.5) is 13.6 Å². The van der Waals surface area contributed by atoms with Gasteiger partial charge in [-0.2, -0.15) is 0 Å². The van der Waals surface area contributed by atoms with Crippen molar-refractivity contribution in [2.75, 3.05) is 20.3 Å². The molecule has 0 radical (unpaired) electrons. The Kier molecular flexibility index (Phi) is 4.63. The van der Waals surface area contributed by atoms with E-state index in [0.717, 1.165) is 0 Å². The van der Waals surface area contributed by atoms with Gasteiger partial charge in [0.2, 0.25) is 0 Å². The molecule has 0 spiro atoms. The van der Waals surface area contributed by atoms with Crippen LogP contribution >= 0.6 is 11.6 Å². The summed E-state index contributed by atoms with van der Waals surface area (Å²) in [6, 6.07) is -0.612. The molecule has 8 heteroatoms. The molecule has 1 fully saturated rings. The van der Waals surface area contributed by atoms with Crippen LogP contribution in [-0.4, -0.2) is 48.1 Å². The molecule has 2 heterocycles. The number of hydrogen-bond donors (Lipinski definition) is 1. The first-order chi connectivity index (χ1) is 9.83.